The van der Waals surface area contributed by atoms with E-state index in [1.807, 2.05) is 12.1 Å². The minimum absolute atomic E-state index is 0.0238. The number of carbonyl (C=O) groups excluding carboxylic acids is 2. The summed E-state index contributed by atoms with van der Waals surface area (Å²) in [5.74, 6) is 0.863. The summed E-state index contributed by atoms with van der Waals surface area (Å²) in [6, 6.07) is 7.16. The van der Waals surface area contributed by atoms with Gasteiger partial charge in [-0.3, -0.25) is 9.59 Å². The van der Waals surface area contributed by atoms with Crippen LogP contribution in [-0.4, -0.2) is 25.0 Å². The molecule has 1 aromatic rings. The van der Waals surface area contributed by atoms with Gasteiger partial charge in [-0.05, 0) is 36.5 Å². The van der Waals surface area contributed by atoms with Gasteiger partial charge in [-0.15, -0.1) is 0 Å². The van der Waals surface area contributed by atoms with Crippen molar-refractivity contribution >= 4 is 11.9 Å². The summed E-state index contributed by atoms with van der Waals surface area (Å²) in [4.78, 5) is 22.5. The molecule has 0 atom stereocenters. The summed E-state index contributed by atoms with van der Waals surface area (Å²) in [6.07, 6.45) is 4.98. The van der Waals surface area contributed by atoms with E-state index in [0.717, 1.165) is 12.1 Å². The minimum atomic E-state index is -0.306. The molecule has 1 aliphatic carbocycles. The van der Waals surface area contributed by atoms with Crippen molar-refractivity contribution < 1.29 is 19.1 Å². The molecule has 0 saturated heterocycles. The Balaban J connectivity index is 1.67. The lowest BCUT2D eigenvalue weighted by atomic mass is 10.1. The number of amides is 1. The quantitative estimate of drug-likeness (QED) is 0.786. The third-order valence-corrected chi connectivity index (χ3v) is 3.80. The van der Waals surface area contributed by atoms with Gasteiger partial charge in [0.2, 0.25) is 0 Å². The summed E-state index contributed by atoms with van der Waals surface area (Å²) in [5, 5.41) is 2.92. The standard InChI is InChI=1S/C17H23NO4/c1-13(19)21-11-15-6-8-16(9-7-15)22-12-17(20)18-10-14-4-2-3-5-14/h6-9,14H,2-5,10-12H2,1H3,(H,18,20). The lowest BCUT2D eigenvalue weighted by Crippen LogP contribution is -2.32. The maximum Gasteiger partial charge on any atom is 0.302 e. The van der Waals surface area contributed by atoms with Crippen LogP contribution in [0.3, 0.4) is 0 Å². The van der Waals surface area contributed by atoms with E-state index in [-0.39, 0.29) is 25.1 Å². The van der Waals surface area contributed by atoms with Crippen LogP contribution in [0.25, 0.3) is 0 Å². The summed E-state index contributed by atoms with van der Waals surface area (Å²) < 4.78 is 10.3. The maximum atomic E-state index is 11.7. The number of ether oxygens (including phenoxy) is 2. The van der Waals surface area contributed by atoms with E-state index in [1.165, 1.54) is 32.6 Å². The largest absolute Gasteiger partial charge is 0.484 e. The Hall–Kier alpha value is -2.04. The summed E-state index contributed by atoms with van der Waals surface area (Å²) in [6.45, 7) is 2.40. The molecule has 0 unspecified atom stereocenters. The first-order chi connectivity index (χ1) is 10.6. The van der Waals surface area contributed by atoms with Gasteiger partial charge < -0.3 is 14.8 Å². The highest BCUT2D eigenvalue weighted by Crippen LogP contribution is 2.23. The zero-order valence-corrected chi connectivity index (χ0v) is 13.0. The number of carbonyl (C=O) groups is 2. The Labute approximate surface area is 131 Å². The van der Waals surface area contributed by atoms with E-state index in [9.17, 15) is 9.59 Å². The fourth-order valence-corrected chi connectivity index (χ4v) is 2.54. The summed E-state index contributed by atoms with van der Waals surface area (Å²) in [5.41, 5.74) is 0.883. The van der Waals surface area contributed by atoms with Crippen LogP contribution in [0.1, 0.15) is 38.2 Å². The lowest BCUT2D eigenvalue weighted by molar-refractivity contribution is -0.142. The van der Waals surface area contributed by atoms with Crippen molar-refractivity contribution in [3.05, 3.63) is 29.8 Å². The van der Waals surface area contributed by atoms with Gasteiger partial charge in [0.25, 0.3) is 5.91 Å². The molecule has 5 heteroatoms. The Kier molecular flexibility index (Phi) is 6.25. The van der Waals surface area contributed by atoms with Crippen molar-refractivity contribution in [3.8, 4) is 5.75 Å². The lowest BCUT2D eigenvalue weighted by Gasteiger charge is -2.11. The van der Waals surface area contributed by atoms with E-state index in [0.29, 0.717) is 11.7 Å². The van der Waals surface area contributed by atoms with Crippen molar-refractivity contribution in [3.63, 3.8) is 0 Å². The molecule has 1 aliphatic rings. The van der Waals surface area contributed by atoms with Gasteiger partial charge in [0.1, 0.15) is 12.4 Å². The second-order valence-corrected chi connectivity index (χ2v) is 5.67. The molecular formula is C17H23NO4. The third-order valence-electron chi connectivity index (χ3n) is 3.80. The first-order valence-corrected chi connectivity index (χ1v) is 7.75. The van der Waals surface area contributed by atoms with Crippen molar-refractivity contribution in [2.24, 2.45) is 5.92 Å². The topological polar surface area (TPSA) is 64.6 Å². The predicted octanol–water partition coefficient (Wildman–Crippen LogP) is 2.43. The normalized spacial score (nSPS) is 14.6. The van der Waals surface area contributed by atoms with Gasteiger partial charge in [0.15, 0.2) is 6.61 Å². The molecule has 0 radical (unpaired) electrons. The van der Waals surface area contributed by atoms with E-state index in [2.05, 4.69) is 5.32 Å². The van der Waals surface area contributed by atoms with Gasteiger partial charge in [-0.1, -0.05) is 25.0 Å². The van der Waals surface area contributed by atoms with Gasteiger partial charge in [-0.2, -0.15) is 0 Å². The van der Waals surface area contributed by atoms with Gasteiger partial charge in [0.05, 0.1) is 0 Å². The van der Waals surface area contributed by atoms with Gasteiger partial charge in [-0.25, -0.2) is 0 Å². The second kappa shape index (κ2) is 8.41. The Morgan fingerprint density at radius 2 is 1.86 bits per heavy atom. The third kappa shape index (κ3) is 5.76. The second-order valence-electron chi connectivity index (χ2n) is 5.67. The zero-order valence-electron chi connectivity index (χ0n) is 13.0. The highest BCUT2D eigenvalue weighted by molar-refractivity contribution is 5.77. The maximum absolute atomic E-state index is 11.7. The molecule has 1 fully saturated rings. The Bertz CT molecular complexity index is 492. The van der Waals surface area contributed by atoms with Crippen molar-refractivity contribution in [1.82, 2.24) is 5.32 Å². The van der Waals surface area contributed by atoms with E-state index < -0.39 is 0 Å². The molecule has 5 nitrogen and oxygen atoms in total. The zero-order chi connectivity index (χ0) is 15.8. The molecule has 1 saturated carbocycles. The van der Waals surface area contributed by atoms with E-state index in [1.54, 1.807) is 12.1 Å². The highest BCUT2D eigenvalue weighted by Gasteiger charge is 2.15. The Morgan fingerprint density at radius 1 is 1.18 bits per heavy atom. The number of esters is 1. The SMILES string of the molecule is CC(=O)OCc1ccc(OCC(=O)NCC2CCCC2)cc1. The smallest absolute Gasteiger partial charge is 0.302 e. The van der Waals surface area contributed by atoms with Crippen LogP contribution in [0.15, 0.2) is 24.3 Å². The van der Waals surface area contributed by atoms with Crippen LogP contribution >= 0.6 is 0 Å². The molecule has 0 aromatic heterocycles. The molecule has 120 valence electrons. The van der Waals surface area contributed by atoms with Crippen LogP contribution in [-0.2, 0) is 20.9 Å². The van der Waals surface area contributed by atoms with Crippen LogP contribution in [0.5, 0.6) is 5.75 Å². The monoisotopic (exact) mass is 305 g/mol. The summed E-state index contributed by atoms with van der Waals surface area (Å²) >= 11 is 0. The summed E-state index contributed by atoms with van der Waals surface area (Å²) in [7, 11) is 0. The van der Waals surface area contributed by atoms with Crippen LogP contribution in [0, 0.1) is 5.92 Å². The number of benzene rings is 1. The molecule has 0 heterocycles. The average molecular weight is 305 g/mol. The van der Waals surface area contributed by atoms with Crippen LogP contribution in [0.4, 0.5) is 0 Å². The first kappa shape index (κ1) is 16.3. The number of hydrogen-bond donors (Lipinski definition) is 1. The van der Waals surface area contributed by atoms with Crippen molar-refractivity contribution in [2.75, 3.05) is 13.2 Å². The van der Waals surface area contributed by atoms with Gasteiger partial charge >= 0.3 is 5.97 Å². The minimum Gasteiger partial charge on any atom is -0.484 e. The van der Waals surface area contributed by atoms with Crippen LogP contribution < -0.4 is 10.1 Å². The first-order valence-electron chi connectivity index (χ1n) is 7.75. The van der Waals surface area contributed by atoms with Crippen LogP contribution in [0.2, 0.25) is 0 Å². The highest BCUT2D eigenvalue weighted by atomic mass is 16.5. The average Bonchev–Trinajstić information content (AvgIpc) is 3.03. The number of hydrogen-bond acceptors (Lipinski definition) is 4. The molecule has 1 amide bonds. The molecule has 0 bridgehead atoms. The molecule has 22 heavy (non-hydrogen) atoms. The molecular weight excluding hydrogens is 282 g/mol. The fourth-order valence-electron chi connectivity index (χ4n) is 2.54. The number of nitrogens with one attached hydrogen (secondary N) is 1. The van der Waals surface area contributed by atoms with Crippen molar-refractivity contribution in [2.45, 2.75) is 39.2 Å². The Morgan fingerprint density at radius 3 is 2.50 bits per heavy atom. The predicted molar refractivity (Wildman–Crippen MR) is 82.4 cm³/mol. The van der Waals surface area contributed by atoms with E-state index in [4.69, 9.17) is 9.47 Å². The molecule has 0 spiro atoms. The van der Waals surface area contributed by atoms with E-state index >= 15 is 0 Å². The molecule has 0 aliphatic heterocycles. The molecule has 1 N–H and O–H groups in total. The molecule has 2 rings (SSSR count). The fraction of sp³-hybridized carbons (Fsp3) is 0.529. The number of rotatable bonds is 7. The van der Waals surface area contributed by atoms with Gasteiger partial charge in [0, 0.05) is 13.5 Å². The molecule has 1 aromatic carbocycles. The van der Waals surface area contributed by atoms with Crippen molar-refractivity contribution in [1.29, 1.82) is 0 Å².